The molecule has 4 unspecified atom stereocenters. The minimum absolute atomic E-state index is 0.0309. The minimum atomic E-state index is -0.0309. The normalized spacial score (nSPS) is 29.0. The van der Waals surface area contributed by atoms with Gasteiger partial charge in [0.25, 0.3) is 11.8 Å². The van der Waals surface area contributed by atoms with Crippen molar-refractivity contribution in [3.63, 3.8) is 0 Å². The molecule has 1 aromatic rings. The quantitative estimate of drug-likeness (QED) is 0.845. The van der Waals surface area contributed by atoms with Crippen LogP contribution in [0.4, 0.5) is 0 Å². The largest absolute Gasteiger partial charge is 0.349 e. The van der Waals surface area contributed by atoms with Gasteiger partial charge in [-0.05, 0) is 61.8 Å². The van der Waals surface area contributed by atoms with Gasteiger partial charge in [-0.3, -0.25) is 9.59 Å². The smallest absolute Gasteiger partial charge is 0.251 e. The number of hydrogen-bond acceptors (Lipinski definition) is 2. The molecule has 2 fully saturated rings. The zero-order chi connectivity index (χ0) is 18.5. The van der Waals surface area contributed by atoms with Crippen molar-refractivity contribution >= 4 is 11.8 Å². The first kappa shape index (κ1) is 18.9. The van der Waals surface area contributed by atoms with Crippen molar-refractivity contribution in [1.82, 2.24) is 10.6 Å². The molecule has 0 saturated heterocycles. The summed E-state index contributed by atoms with van der Waals surface area (Å²) in [5, 5.41) is 6.33. The second-order valence-corrected chi connectivity index (χ2v) is 8.26. The summed E-state index contributed by atoms with van der Waals surface area (Å²) in [7, 11) is 0. The monoisotopic (exact) mass is 356 g/mol. The van der Waals surface area contributed by atoms with E-state index in [9.17, 15) is 9.59 Å². The molecule has 2 N–H and O–H groups in total. The Kier molecular flexibility index (Phi) is 6.33. The van der Waals surface area contributed by atoms with Gasteiger partial charge in [-0.2, -0.15) is 0 Å². The summed E-state index contributed by atoms with van der Waals surface area (Å²) in [6.07, 6.45) is 9.39. The molecule has 26 heavy (non-hydrogen) atoms. The Bertz CT molecular complexity index is 571. The molecule has 0 radical (unpaired) electrons. The number of rotatable bonds is 4. The van der Waals surface area contributed by atoms with E-state index in [4.69, 9.17) is 0 Å². The maximum Gasteiger partial charge on any atom is 0.251 e. The van der Waals surface area contributed by atoms with Gasteiger partial charge in [0.15, 0.2) is 0 Å². The second-order valence-electron chi connectivity index (χ2n) is 8.26. The van der Waals surface area contributed by atoms with E-state index in [1.807, 2.05) is 0 Å². The number of nitrogens with one attached hydrogen (secondary N) is 2. The molecule has 4 heteroatoms. The maximum absolute atomic E-state index is 12.5. The molecule has 2 amide bonds. The zero-order valence-electron chi connectivity index (χ0n) is 16.1. The number of carbonyl (C=O) groups excluding carboxylic acids is 2. The van der Waals surface area contributed by atoms with Crippen molar-refractivity contribution in [3.05, 3.63) is 35.4 Å². The molecule has 4 nitrogen and oxygen atoms in total. The average Bonchev–Trinajstić information content (AvgIpc) is 2.65. The highest BCUT2D eigenvalue weighted by Crippen LogP contribution is 2.25. The fourth-order valence-corrected chi connectivity index (χ4v) is 4.34. The third-order valence-electron chi connectivity index (χ3n) is 6.27. The Morgan fingerprint density at radius 1 is 0.692 bits per heavy atom. The molecular weight excluding hydrogens is 324 g/mol. The molecule has 0 heterocycles. The first-order valence-electron chi connectivity index (χ1n) is 10.3. The Balaban J connectivity index is 1.57. The Morgan fingerprint density at radius 2 is 1.04 bits per heavy atom. The van der Waals surface area contributed by atoms with E-state index in [0.717, 1.165) is 12.8 Å². The molecule has 0 aromatic heterocycles. The highest BCUT2D eigenvalue weighted by atomic mass is 16.2. The van der Waals surface area contributed by atoms with Crippen molar-refractivity contribution in [2.75, 3.05) is 0 Å². The van der Waals surface area contributed by atoms with Crippen LogP contribution in [0.25, 0.3) is 0 Å². The van der Waals surface area contributed by atoms with Crippen LogP contribution in [-0.4, -0.2) is 23.9 Å². The summed E-state index contributed by atoms with van der Waals surface area (Å²) in [6, 6.07) is 7.60. The van der Waals surface area contributed by atoms with E-state index in [2.05, 4.69) is 24.5 Å². The standard InChI is InChI=1S/C22H32N2O2/c1-15-7-3-5-9-19(15)23-21(25)17-11-13-18(14-12-17)22(26)24-20-10-6-4-8-16(20)2/h11-16,19-20H,3-10H2,1-2H3,(H,23,25)(H,24,26). The van der Waals surface area contributed by atoms with Crippen LogP contribution in [0.2, 0.25) is 0 Å². The lowest BCUT2D eigenvalue weighted by molar-refractivity contribution is 0.0898. The van der Waals surface area contributed by atoms with Crippen LogP contribution in [0.5, 0.6) is 0 Å². The van der Waals surface area contributed by atoms with Crippen molar-refractivity contribution < 1.29 is 9.59 Å². The van der Waals surface area contributed by atoms with Gasteiger partial charge in [0.2, 0.25) is 0 Å². The van der Waals surface area contributed by atoms with E-state index >= 15 is 0 Å². The number of benzene rings is 1. The zero-order valence-corrected chi connectivity index (χ0v) is 16.1. The minimum Gasteiger partial charge on any atom is -0.349 e. The second kappa shape index (κ2) is 8.70. The van der Waals surface area contributed by atoms with Gasteiger partial charge < -0.3 is 10.6 Å². The fraction of sp³-hybridized carbons (Fsp3) is 0.636. The summed E-state index contributed by atoms with van der Waals surface area (Å²) in [6.45, 7) is 4.42. The van der Waals surface area contributed by atoms with Gasteiger partial charge in [0, 0.05) is 23.2 Å². The maximum atomic E-state index is 12.5. The molecule has 0 aliphatic heterocycles. The van der Waals surface area contributed by atoms with Crippen LogP contribution >= 0.6 is 0 Å². The lowest BCUT2D eigenvalue weighted by Gasteiger charge is -2.29. The molecule has 142 valence electrons. The summed E-state index contributed by atoms with van der Waals surface area (Å²) in [5.74, 6) is 1.01. The van der Waals surface area contributed by atoms with E-state index in [1.54, 1.807) is 24.3 Å². The van der Waals surface area contributed by atoms with Gasteiger partial charge in [0.1, 0.15) is 0 Å². The summed E-state index contributed by atoms with van der Waals surface area (Å²) >= 11 is 0. The SMILES string of the molecule is CC1CCCCC1NC(=O)c1ccc(C(=O)NC2CCCCC2C)cc1. The van der Waals surface area contributed by atoms with Crippen molar-refractivity contribution in [2.24, 2.45) is 11.8 Å². The first-order valence-corrected chi connectivity index (χ1v) is 10.3. The highest BCUT2D eigenvalue weighted by molar-refractivity contribution is 5.98. The van der Waals surface area contributed by atoms with Crippen LogP contribution in [-0.2, 0) is 0 Å². The summed E-state index contributed by atoms with van der Waals surface area (Å²) < 4.78 is 0. The number of hydrogen-bond donors (Lipinski definition) is 2. The van der Waals surface area contributed by atoms with Gasteiger partial charge in [-0.1, -0.05) is 39.5 Å². The Labute approximate surface area is 157 Å². The van der Waals surface area contributed by atoms with Crippen LogP contribution in [0.1, 0.15) is 85.9 Å². The van der Waals surface area contributed by atoms with E-state index in [0.29, 0.717) is 23.0 Å². The molecule has 4 atom stereocenters. The highest BCUT2D eigenvalue weighted by Gasteiger charge is 2.24. The molecule has 2 aliphatic carbocycles. The molecule has 2 saturated carbocycles. The van der Waals surface area contributed by atoms with Gasteiger partial charge in [-0.15, -0.1) is 0 Å². The van der Waals surface area contributed by atoms with Crippen molar-refractivity contribution in [2.45, 2.75) is 77.3 Å². The fourth-order valence-electron chi connectivity index (χ4n) is 4.34. The average molecular weight is 357 g/mol. The van der Waals surface area contributed by atoms with Gasteiger partial charge >= 0.3 is 0 Å². The number of carbonyl (C=O) groups is 2. The van der Waals surface area contributed by atoms with E-state index in [-0.39, 0.29) is 23.9 Å². The van der Waals surface area contributed by atoms with Crippen molar-refractivity contribution in [3.8, 4) is 0 Å². The van der Waals surface area contributed by atoms with Gasteiger partial charge in [0.05, 0.1) is 0 Å². The third kappa shape index (κ3) is 4.66. The van der Waals surface area contributed by atoms with Crippen LogP contribution in [0, 0.1) is 11.8 Å². The predicted octanol–water partition coefficient (Wildman–Crippen LogP) is 4.30. The van der Waals surface area contributed by atoms with Gasteiger partial charge in [-0.25, -0.2) is 0 Å². The van der Waals surface area contributed by atoms with E-state index < -0.39 is 0 Å². The summed E-state index contributed by atoms with van der Waals surface area (Å²) in [5.41, 5.74) is 1.26. The molecule has 2 aliphatic rings. The number of amides is 2. The third-order valence-corrected chi connectivity index (χ3v) is 6.27. The van der Waals surface area contributed by atoms with Crippen LogP contribution in [0.3, 0.4) is 0 Å². The Morgan fingerprint density at radius 3 is 1.38 bits per heavy atom. The first-order chi connectivity index (χ1) is 12.5. The summed E-state index contributed by atoms with van der Waals surface area (Å²) in [4.78, 5) is 25.0. The van der Waals surface area contributed by atoms with Crippen LogP contribution in [0.15, 0.2) is 24.3 Å². The van der Waals surface area contributed by atoms with Crippen molar-refractivity contribution in [1.29, 1.82) is 0 Å². The van der Waals surface area contributed by atoms with E-state index in [1.165, 1.54) is 38.5 Å². The molecule has 0 spiro atoms. The molecular formula is C22H32N2O2. The molecule has 0 bridgehead atoms. The topological polar surface area (TPSA) is 58.2 Å². The Hall–Kier alpha value is -1.84. The lowest BCUT2D eigenvalue weighted by Crippen LogP contribution is -2.41. The van der Waals surface area contributed by atoms with Crippen LogP contribution < -0.4 is 10.6 Å². The predicted molar refractivity (Wildman–Crippen MR) is 104 cm³/mol. The lowest BCUT2D eigenvalue weighted by atomic mass is 9.85. The molecule has 1 aromatic carbocycles. The molecule has 3 rings (SSSR count).